The van der Waals surface area contributed by atoms with Crippen molar-refractivity contribution in [1.29, 1.82) is 0 Å². The molecule has 0 fully saturated rings. The molecule has 6 nitrogen and oxygen atoms in total. The quantitative estimate of drug-likeness (QED) is 0.204. The maximum atomic E-state index is 8.00. The third kappa shape index (κ3) is 332. The first-order chi connectivity index (χ1) is 3.15. The van der Waals surface area contributed by atoms with Gasteiger partial charge in [-0.25, -0.2) is 0 Å². The molecule has 0 saturated heterocycles. The largest absolute Gasteiger partial charge is 1.00 e. The SMILES string of the molecule is O=N[O-].O[As](O)O.[Na+]. The predicted octanol–water partition coefficient (Wildman–Crippen LogP) is -4.80. The molecule has 0 bridgehead atoms. The van der Waals surface area contributed by atoms with Crippen LogP contribution in [0.15, 0.2) is 5.34 Å². The summed E-state index contributed by atoms with van der Waals surface area (Å²) in [6.45, 7) is 0. The fourth-order valence-electron chi connectivity index (χ4n) is 0. The van der Waals surface area contributed by atoms with Gasteiger partial charge >= 0.3 is 57.5 Å². The minimum atomic E-state index is -3.19. The molecule has 8 heavy (non-hydrogen) atoms. The molecule has 0 aromatic carbocycles. The van der Waals surface area contributed by atoms with Crippen molar-refractivity contribution in [3.8, 4) is 0 Å². The van der Waals surface area contributed by atoms with Crippen molar-refractivity contribution in [1.82, 2.24) is 0 Å². The molecule has 0 rings (SSSR count). The fraction of sp³-hybridized carbons (Fsp3) is 0. The Kier molecular flexibility index (Phi) is 31.2. The Morgan fingerprint density at radius 2 is 1.38 bits per heavy atom. The minimum absolute atomic E-state index is 0. The van der Waals surface area contributed by atoms with Crippen LogP contribution < -0.4 is 29.6 Å². The van der Waals surface area contributed by atoms with Gasteiger partial charge in [0.2, 0.25) is 0 Å². The van der Waals surface area contributed by atoms with E-state index in [1.807, 2.05) is 0 Å². The van der Waals surface area contributed by atoms with Gasteiger partial charge in [-0.1, -0.05) is 0 Å². The van der Waals surface area contributed by atoms with Gasteiger partial charge in [-0.3, -0.25) is 0 Å². The summed E-state index contributed by atoms with van der Waals surface area (Å²) in [5.74, 6) is 0. The topological polar surface area (TPSA) is 113 Å². The second-order valence-electron chi connectivity index (χ2n) is 0.343. The number of rotatable bonds is 0. The van der Waals surface area contributed by atoms with Gasteiger partial charge in [0.1, 0.15) is 0 Å². The molecule has 8 heteroatoms. The van der Waals surface area contributed by atoms with E-state index in [1.165, 1.54) is 0 Å². The molecule has 0 spiro atoms. The van der Waals surface area contributed by atoms with Crippen LogP contribution in [0, 0.1) is 10.1 Å². The van der Waals surface area contributed by atoms with Crippen LogP contribution in [-0.4, -0.2) is 28.0 Å². The Balaban J connectivity index is -0.0000000575. The van der Waals surface area contributed by atoms with Crippen molar-refractivity contribution in [2.45, 2.75) is 0 Å². The van der Waals surface area contributed by atoms with Crippen LogP contribution in [0.2, 0.25) is 0 Å². The van der Waals surface area contributed by atoms with E-state index in [9.17, 15) is 0 Å². The minimum Gasteiger partial charge on any atom is 1.00 e. The van der Waals surface area contributed by atoms with Crippen LogP contribution in [-0.2, 0) is 0 Å². The van der Waals surface area contributed by atoms with Gasteiger partial charge in [-0.05, 0) is 0 Å². The molecule has 0 saturated carbocycles. The first-order valence-corrected chi connectivity index (χ1v) is 3.48. The zero-order valence-electron chi connectivity index (χ0n) is 4.05. The molecule has 0 amide bonds. The van der Waals surface area contributed by atoms with Gasteiger partial charge < -0.3 is 10.1 Å². The monoisotopic (exact) mass is 195 g/mol. The molecule has 0 aliphatic heterocycles. The van der Waals surface area contributed by atoms with E-state index in [0.29, 0.717) is 0 Å². The predicted molar refractivity (Wildman–Crippen MR) is 21.6 cm³/mol. The molecule has 0 aliphatic carbocycles. The van der Waals surface area contributed by atoms with Gasteiger partial charge in [-0.2, -0.15) is 0 Å². The molecular formula is H3AsNNaO5. The Hall–Kier alpha value is 0.838. The third-order valence-electron chi connectivity index (χ3n) is 0. The Morgan fingerprint density at radius 1 is 1.38 bits per heavy atom. The fourth-order valence-corrected chi connectivity index (χ4v) is 0. The normalized spacial score (nSPS) is 6.00. The van der Waals surface area contributed by atoms with Crippen molar-refractivity contribution in [2.24, 2.45) is 5.34 Å². The van der Waals surface area contributed by atoms with Crippen LogP contribution in [0.1, 0.15) is 0 Å². The van der Waals surface area contributed by atoms with E-state index in [2.05, 4.69) is 0 Å². The summed E-state index contributed by atoms with van der Waals surface area (Å²) in [6.07, 6.45) is 0. The van der Waals surface area contributed by atoms with E-state index < -0.39 is 15.7 Å². The molecular weight excluding hydrogens is 192 g/mol. The average molecular weight is 195 g/mol. The van der Waals surface area contributed by atoms with Crippen molar-refractivity contribution in [3.05, 3.63) is 10.1 Å². The van der Waals surface area contributed by atoms with Crippen LogP contribution in [0.25, 0.3) is 0 Å². The van der Waals surface area contributed by atoms with Crippen molar-refractivity contribution in [3.63, 3.8) is 0 Å². The van der Waals surface area contributed by atoms with Gasteiger partial charge in [0, 0.05) is 0 Å². The second-order valence-corrected chi connectivity index (χ2v) is 1.47. The number of nitrogens with zero attached hydrogens (tertiary/aromatic N) is 1. The maximum Gasteiger partial charge on any atom is 1.00 e. The van der Waals surface area contributed by atoms with Gasteiger partial charge in [0.05, 0.1) is 0 Å². The average Bonchev–Trinajstić information content (AvgIpc) is 1.33. The first kappa shape index (κ1) is 15.9. The Morgan fingerprint density at radius 3 is 1.38 bits per heavy atom. The van der Waals surface area contributed by atoms with E-state index in [-0.39, 0.29) is 29.6 Å². The Labute approximate surface area is 72.7 Å². The number of hydrogen-bond donors (Lipinski definition) is 3. The van der Waals surface area contributed by atoms with Crippen molar-refractivity contribution in [2.75, 3.05) is 0 Å². The van der Waals surface area contributed by atoms with Gasteiger partial charge in [-0.15, -0.1) is 5.34 Å². The third-order valence-corrected chi connectivity index (χ3v) is 0. The number of hydrogen-bond acceptors (Lipinski definition) is 6. The summed E-state index contributed by atoms with van der Waals surface area (Å²) < 4.78 is 21.9. The van der Waals surface area contributed by atoms with Crippen molar-refractivity contribution < 1.29 is 41.8 Å². The van der Waals surface area contributed by atoms with Crippen LogP contribution in [0.5, 0.6) is 0 Å². The van der Waals surface area contributed by atoms with E-state index >= 15 is 0 Å². The molecule has 0 heterocycles. The molecule has 0 aromatic rings. The van der Waals surface area contributed by atoms with E-state index in [1.54, 1.807) is 0 Å². The second kappa shape index (κ2) is 15.7. The van der Waals surface area contributed by atoms with Gasteiger partial charge in [0.15, 0.2) is 0 Å². The van der Waals surface area contributed by atoms with Gasteiger partial charge in [0.25, 0.3) is 0 Å². The van der Waals surface area contributed by atoms with E-state index in [4.69, 9.17) is 22.4 Å². The summed E-state index contributed by atoms with van der Waals surface area (Å²) in [7, 11) is 0. The van der Waals surface area contributed by atoms with Crippen LogP contribution in [0.3, 0.4) is 0 Å². The molecule has 0 atom stereocenters. The molecule has 0 unspecified atom stereocenters. The van der Waals surface area contributed by atoms with Crippen LogP contribution >= 0.6 is 0 Å². The van der Waals surface area contributed by atoms with Crippen LogP contribution in [0.4, 0.5) is 0 Å². The Bertz CT molecular complexity index is 36.7. The standard InChI is InChI=1S/AsH3O3.HNO2.Na/c2-1(3)4;2-1-3;/h2-4H;(H,2,3);/q;;+1/p-1. The summed E-state index contributed by atoms with van der Waals surface area (Å²) >= 11 is -3.19. The zero-order chi connectivity index (χ0) is 6.28. The molecule has 0 aliphatic rings. The summed E-state index contributed by atoms with van der Waals surface area (Å²) in [6, 6.07) is 0. The first-order valence-electron chi connectivity index (χ1n) is 0.965. The molecule has 0 radical (unpaired) electrons. The summed E-state index contributed by atoms with van der Waals surface area (Å²) in [5.41, 5.74) is 0. The van der Waals surface area contributed by atoms with E-state index in [0.717, 1.165) is 5.34 Å². The summed E-state index contributed by atoms with van der Waals surface area (Å²) in [5, 5.41) is 9.00. The maximum absolute atomic E-state index is 8.00. The molecule has 0 aromatic heterocycles. The van der Waals surface area contributed by atoms with Crippen molar-refractivity contribution >= 4 is 15.7 Å². The molecule has 44 valence electrons. The smallest absolute Gasteiger partial charge is 1.00 e. The summed E-state index contributed by atoms with van der Waals surface area (Å²) in [4.78, 5) is 8.00. The zero-order valence-corrected chi connectivity index (χ0v) is 7.93. The molecule has 3 N–H and O–H groups in total.